The zero-order valence-corrected chi connectivity index (χ0v) is 11.5. The number of halogens is 3. The Balaban J connectivity index is 2.91. The SMILES string of the molecule is CCN(C(=O)Nc1cc(F)cc(F)c1F)C(C)CC(=O)O. The van der Waals surface area contributed by atoms with Crippen molar-refractivity contribution < 1.29 is 27.9 Å². The lowest BCUT2D eigenvalue weighted by Gasteiger charge is -2.27. The van der Waals surface area contributed by atoms with E-state index in [1.54, 1.807) is 6.92 Å². The molecule has 1 atom stereocenters. The van der Waals surface area contributed by atoms with Gasteiger partial charge in [-0.05, 0) is 13.8 Å². The Hall–Kier alpha value is -2.25. The fourth-order valence-electron chi connectivity index (χ4n) is 1.85. The molecule has 1 aromatic carbocycles. The van der Waals surface area contributed by atoms with Gasteiger partial charge in [-0.15, -0.1) is 0 Å². The Bertz CT molecular complexity index is 552. The van der Waals surface area contributed by atoms with E-state index in [-0.39, 0.29) is 13.0 Å². The summed E-state index contributed by atoms with van der Waals surface area (Å²) in [6.07, 6.45) is -0.304. The Labute approximate surface area is 119 Å². The standard InChI is InChI=1S/C13H15F3N2O3/c1-3-18(7(2)4-11(19)20)13(21)17-10-6-8(14)5-9(15)12(10)16/h5-7H,3-4H2,1-2H3,(H,17,21)(H,19,20). The summed E-state index contributed by atoms with van der Waals surface area (Å²) in [7, 11) is 0. The highest BCUT2D eigenvalue weighted by Gasteiger charge is 2.22. The van der Waals surface area contributed by atoms with Crippen molar-refractivity contribution in [2.75, 3.05) is 11.9 Å². The molecule has 0 aliphatic carbocycles. The molecular formula is C13H15F3N2O3. The summed E-state index contributed by atoms with van der Waals surface area (Å²) >= 11 is 0. The fraction of sp³-hybridized carbons (Fsp3) is 0.385. The highest BCUT2D eigenvalue weighted by molar-refractivity contribution is 5.90. The minimum Gasteiger partial charge on any atom is -0.481 e. The van der Waals surface area contributed by atoms with Crippen molar-refractivity contribution in [1.29, 1.82) is 0 Å². The number of aliphatic carboxylic acids is 1. The molecule has 2 amide bonds. The van der Waals surface area contributed by atoms with E-state index in [9.17, 15) is 22.8 Å². The third-order valence-corrected chi connectivity index (χ3v) is 2.84. The number of carboxylic acid groups (broad SMARTS) is 1. The number of urea groups is 1. The van der Waals surface area contributed by atoms with Gasteiger partial charge in [0.15, 0.2) is 11.6 Å². The zero-order valence-electron chi connectivity index (χ0n) is 11.5. The van der Waals surface area contributed by atoms with Gasteiger partial charge in [0, 0.05) is 24.7 Å². The van der Waals surface area contributed by atoms with E-state index in [1.165, 1.54) is 6.92 Å². The summed E-state index contributed by atoms with van der Waals surface area (Å²) in [5.41, 5.74) is -0.640. The second kappa shape index (κ2) is 6.96. The van der Waals surface area contributed by atoms with Crippen LogP contribution in [0.5, 0.6) is 0 Å². The Kier molecular flexibility index (Phi) is 5.57. The summed E-state index contributed by atoms with van der Waals surface area (Å²) in [5.74, 6) is -4.94. The van der Waals surface area contributed by atoms with Crippen LogP contribution < -0.4 is 5.32 Å². The predicted molar refractivity (Wildman–Crippen MR) is 69.4 cm³/mol. The average molecular weight is 304 g/mol. The van der Waals surface area contributed by atoms with Crippen LogP contribution in [0, 0.1) is 17.5 Å². The first-order valence-corrected chi connectivity index (χ1v) is 6.20. The Morgan fingerprint density at radius 3 is 2.48 bits per heavy atom. The molecule has 0 aromatic heterocycles. The number of nitrogens with zero attached hydrogens (tertiary/aromatic N) is 1. The van der Waals surface area contributed by atoms with Crippen LogP contribution in [0.2, 0.25) is 0 Å². The van der Waals surface area contributed by atoms with Crippen molar-refractivity contribution >= 4 is 17.7 Å². The second-order valence-corrected chi connectivity index (χ2v) is 4.41. The maximum Gasteiger partial charge on any atom is 0.322 e. The quantitative estimate of drug-likeness (QED) is 0.822. The first-order valence-electron chi connectivity index (χ1n) is 6.20. The van der Waals surface area contributed by atoms with E-state index in [1.807, 2.05) is 5.32 Å². The van der Waals surface area contributed by atoms with Gasteiger partial charge in [0.05, 0.1) is 12.1 Å². The van der Waals surface area contributed by atoms with Gasteiger partial charge in [-0.3, -0.25) is 4.79 Å². The van der Waals surface area contributed by atoms with E-state index in [0.29, 0.717) is 12.1 Å². The molecule has 0 aliphatic heterocycles. The normalized spacial score (nSPS) is 11.9. The summed E-state index contributed by atoms with van der Waals surface area (Å²) in [5, 5.41) is 10.7. The topological polar surface area (TPSA) is 69.6 Å². The van der Waals surface area contributed by atoms with E-state index in [4.69, 9.17) is 5.11 Å². The van der Waals surface area contributed by atoms with Crippen LogP contribution in [0.4, 0.5) is 23.7 Å². The molecule has 0 radical (unpaired) electrons. The van der Waals surface area contributed by atoms with Gasteiger partial charge in [-0.1, -0.05) is 0 Å². The number of carbonyl (C=O) groups excluding carboxylic acids is 1. The molecule has 0 bridgehead atoms. The van der Waals surface area contributed by atoms with Crippen LogP contribution in [-0.2, 0) is 4.79 Å². The van der Waals surface area contributed by atoms with Crippen molar-refractivity contribution in [3.05, 3.63) is 29.6 Å². The van der Waals surface area contributed by atoms with E-state index in [2.05, 4.69) is 0 Å². The number of rotatable bonds is 5. The molecule has 0 fully saturated rings. The van der Waals surface area contributed by atoms with Crippen LogP contribution >= 0.6 is 0 Å². The number of hydrogen-bond donors (Lipinski definition) is 2. The first kappa shape index (κ1) is 16.8. The molecule has 116 valence electrons. The lowest BCUT2D eigenvalue weighted by molar-refractivity contribution is -0.137. The highest BCUT2D eigenvalue weighted by Crippen LogP contribution is 2.20. The van der Waals surface area contributed by atoms with Crippen molar-refractivity contribution in [3.8, 4) is 0 Å². The maximum absolute atomic E-state index is 13.5. The number of carbonyl (C=O) groups is 2. The van der Waals surface area contributed by atoms with Crippen LogP contribution in [0.3, 0.4) is 0 Å². The molecule has 1 unspecified atom stereocenters. The summed E-state index contributed by atoms with van der Waals surface area (Å²) in [6, 6.07) is -0.495. The number of nitrogens with one attached hydrogen (secondary N) is 1. The Morgan fingerprint density at radius 2 is 1.95 bits per heavy atom. The molecular weight excluding hydrogens is 289 g/mol. The molecule has 8 heteroatoms. The van der Waals surface area contributed by atoms with Gasteiger partial charge in [0.2, 0.25) is 0 Å². The molecule has 1 rings (SSSR count). The number of anilines is 1. The maximum atomic E-state index is 13.5. The third kappa shape index (κ3) is 4.37. The number of carboxylic acids is 1. The fourth-order valence-corrected chi connectivity index (χ4v) is 1.85. The smallest absolute Gasteiger partial charge is 0.322 e. The zero-order chi connectivity index (χ0) is 16.2. The summed E-state index contributed by atoms with van der Waals surface area (Å²) < 4.78 is 39.5. The van der Waals surface area contributed by atoms with Crippen molar-refractivity contribution in [2.24, 2.45) is 0 Å². The minimum absolute atomic E-state index is 0.152. The molecule has 0 saturated carbocycles. The molecule has 1 aromatic rings. The third-order valence-electron chi connectivity index (χ3n) is 2.84. The molecule has 21 heavy (non-hydrogen) atoms. The number of amides is 2. The Morgan fingerprint density at radius 1 is 1.33 bits per heavy atom. The lowest BCUT2D eigenvalue weighted by Crippen LogP contribution is -2.42. The van der Waals surface area contributed by atoms with Crippen molar-refractivity contribution in [3.63, 3.8) is 0 Å². The van der Waals surface area contributed by atoms with E-state index in [0.717, 1.165) is 4.90 Å². The largest absolute Gasteiger partial charge is 0.481 e. The van der Waals surface area contributed by atoms with Gasteiger partial charge in [-0.25, -0.2) is 18.0 Å². The van der Waals surface area contributed by atoms with E-state index >= 15 is 0 Å². The van der Waals surface area contributed by atoms with E-state index < -0.39 is 41.2 Å². The molecule has 0 heterocycles. The van der Waals surface area contributed by atoms with Crippen molar-refractivity contribution in [1.82, 2.24) is 4.90 Å². The average Bonchev–Trinajstić information content (AvgIpc) is 2.35. The van der Waals surface area contributed by atoms with Crippen LogP contribution in [0.1, 0.15) is 20.3 Å². The molecule has 5 nitrogen and oxygen atoms in total. The molecule has 0 spiro atoms. The summed E-state index contributed by atoms with van der Waals surface area (Å²) in [6.45, 7) is 3.25. The van der Waals surface area contributed by atoms with Crippen LogP contribution in [0.25, 0.3) is 0 Å². The van der Waals surface area contributed by atoms with Gasteiger partial charge >= 0.3 is 12.0 Å². The van der Waals surface area contributed by atoms with Gasteiger partial charge in [-0.2, -0.15) is 0 Å². The van der Waals surface area contributed by atoms with Gasteiger partial charge < -0.3 is 15.3 Å². The first-order chi connectivity index (χ1) is 9.76. The highest BCUT2D eigenvalue weighted by atomic mass is 19.2. The predicted octanol–water partition coefficient (Wildman–Crippen LogP) is 2.82. The summed E-state index contributed by atoms with van der Waals surface area (Å²) in [4.78, 5) is 23.7. The number of hydrogen-bond acceptors (Lipinski definition) is 2. The van der Waals surface area contributed by atoms with Gasteiger partial charge in [0.1, 0.15) is 5.82 Å². The lowest BCUT2D eigenvalue weighted by atomic mass is 10.2. The molecule has 0 aliphatic rings. The second-order valence-electron chi connectivity index (χ2n) is 4.41. The molecule has 0 saturated heterocycles. The monoisotopic (exact) mass is 304 g/mol. The number of benzene rings is 1. The minimum atomic E-state index is -1.42. The van der Waals surface area contributed by atoms with Crippen LogP contribution in [0.15, 0.2) is 12.1 Å². The van der Waals surface area contributed by atoms with Crippen LogP contribution in [-0.4, -0.2) is 34.6 Å². The van der Waals surface area contributed by atoms with Crippen molar-refractivity contribution in [2.45, 2.75) is 26.3 Å². The van der Waals surface area contributed by atoms with Gasteiger partial charge in [0.25, 0.3) is 0 Å². The molecule has 2 N–H and O–H groups in total.